The zero-order chi connectivity index (χ0) is 16.8. The lowest BCUT2D eigenvalue weighted by Gasteiger charge is -2.15. The summed E-state index contributed by atoms with van der Waals surface area (Å²) in [6, 6.07) is 8.72. The Morgan fingerprint density at radius 1 is 1.29 bits per heavy atom. The second kappa shape index (κ2) is 7.63. The second-order valence-corrected chi connectivity index (χ2v) is 5.65. The van der Waals surface area contributed by atoms with E-state index in [-0.39, 0.29) is 12.5 Å². The molecule has 7 heteroatoms. The predicted molar refractivity (Wildman–Crippen MR) is 88.0 cm³/mol. The van der Waals surface area contributed by atoms with Crippen LogP contribution in [-0.2, 0) is 11.3 Å². The van der Waals surface area contributed by atoms with E-state index in [9.17, 15) is 9.59 Å². The summed E-state index contributed by atoms with van der Waals surface area (Å²) in [7, 11) is 0. The molecule has 0 saturated carbocycles. The van der Waals surface area contributed by atoms with Gasteiger partial charge in [0, 0.05) is 12.1 Å². The molecule has 3 rings (SSSR count). The number of oxazole rings is 1. The number of aromatic nitrogens is 1. The summed E-state index contributed by atoms with van der Waals surface area (Å²) in [5, 5.41) is 8.13. The third-order valence-electron chi connectivity index (χ3n) is 3.85. The number of hydrogen-bond acceptors (Lipinski definition) is 4. The minimum atomic E-state index is -0.489. The second-order valence-electron chi connectivity index (χ2n) is 5.65. The smallest absolute Gasteiger partial charge is 0.315 e. The minimum Gasteiger partial charge on any atom is -0.439 e. The Kier molecular flexibility index (Phi) is 5.10. The van der Waals surface area contributed by atoms with Crippen LogP contribution < -0.4 is 16.0 Å². The Labute approximate surface area is 139 Å². The molecule has 1 aromatic carbocycles. The maximum absolute atomic E-state index is 11.9. The van der Waals surface area contributed by atoms with Crippen molar-refractivity contribution in [1.29, 1.82) is 0 Å². The molecule has 1 unspecified atom stereocenters. The molecule has 0 bridgehead atoms. The lowest BCUT2D eigenvalue weighted by atomic mass is 10.1. The third kappa shape index (κ3) is 4.13. The average Bonchev–Trinajstić information content (AvgIpc) is 2.99. The van der Waals surface area contributed by atoms with Crippen LogP contribution in [0.2, 0.25) is 0 Å². The Morgan fingerprint density at radius 2 is 2.12 bits per heavy atom. The fraction of sp³-hybridized carbons (Fsp3) is 0.353. The summed E-state index contributed by atoms with van der Waals surface area (Å²) in [5.74, 6) is 0.926. The van der Waals surface area contributed by atoms with Gasteiger partial charge in [-0.05, 0) is 19.3 Å². The van der Waals surface area contributed by atoms with Crippen LogP contribution in [0.3, 0.4) is 0 Å². The van der Waals surface area contributed by atoms with Crippen LogP contribution in [0.15, 0.2) is 40.9 Å². The van der Waals surface area contributed by atoms with Gasteiger partial charge in [-0.25, -0.2) is 9.78 Å². The van der Waals surface area contributed by atoms with Crippen molar-refractivity contribution in [3.05, 3.63) is 42.4 Å². The third-order valence-corrected chi connectivity index (χ3v) is 3.85. The molecule has 1 aromatic heterocycles. The fourth-order valence-corrected chi connectivity index (χ4v) is 2.57. The number of nitrogens with zero attached hydrogens (tertiary/aromatic N) is 1. The normalized spacial score (nSPS) is 17.7. The summed E-state index contributed by atoms with van der Waals surface area (Å²) < 4.78 is 5.62. The number of urea groups is 1. The molecular formula is C17H20N4O3. The Balaban J connectivity index is 1.51. The van der Waals surface area contributed by atoms with Crippen molar-refractivity contribution in [1.82, 2.24) is 20.9 Å². The molecule has 2 heterocycles. The van der Waals surface area contributed by atoms with Gasteiger partial charge in [-0.2, -0.15) is 0 Å². The quantitative estimate of drug-likeness (QED) is 0.797. The first-order valence-corrected chi connectivity index (χ1v) is 8.04. The van der Waals surface area contributed by atoms with E-state index in [0.717, 1.165) is 18.4 Å². The van der Waals surface area contributed by atoms with Gasteiger partial charge in [0.2, 0.25) is 11.8 Å². The van der Waals surface area contributed by atoms with Gasteiger partial charge in [-0.15, -0.1) is 0 Å². The maximum atomic E-state index is 11.9. The summed E-state index contributed by atoms with van der Waals surface area (Å²) in [6.07, 6.45) is 4.12. The van der Waals surface area contributed by atoms with Crippen molar-refractivity contribution < 1.29 is 14.0 Å². The molecule has 0 spiro atoms. The van der Waals surface area contributed by atoms with Gasteiger partial charge in [0.15, 0.2) is 5.76 Å². The number of amides is 3. The van der Waals surface area contributed by atoms with Crippen molar-refractivity contribution in [3.63, 3.8) is 0 Å². The van der Waals surface area contributed by atoms with E-state index in [1.807, 2.05) is 30.3 Å². The molecule has 24 heavy (non-hydrogen) atoms. The molecular weight excluding hydrogens is 308 g/mol. The molecule has 2 aromatic rings. The van der Waals surface area contributed by atoms with Gasteiger partial charge in [0.25, 0.3) is 0 Å². The summed E-state index contributed by atoms with van der Waals surface area (Å²) in [5.41, 5.74) is 0.927. The highest BCUT2D eigenvalue weighted by Crippen LogP contribution is 2.19. The molecule has 126 valence electrons. The molecule has 1 atom stereocenters. The van der Waals surface area contributed by atoms with Gasteiger partial charge in [-0.3, -0.25) is 4.79 Å². The van der Waals surface area contributed by atoms with Crippen LogP contribution in [0.4, 0.5) is 4.79 Å². The van der Waals surface area contributed by atoms with E-state index >= 15 is 0 Å². The van der Waals surface area contributed by atoms with Gasteiger partial charge < -0.3 is 20.4 Å². The number of benzene rings is 1. The molecule has 1 saturated heterocycles. The van der Waals surface area contributed by atoms with E-state index in [4.69, 9.17) is 4.42 Å². The predicted octanol–water partition coefficient (Wildman–Crippen LogP) is 1.81. The highest BCUT2D eigenvalue weighted by molar-refractivity contribution is 5.87. The first kappa shape index (κ1) is 16.0. The molecule has 3 N–H and O–H groups in total. The largest absolute Gasteiger partial charge is 0.439 e. The van der Waals surface area contributed by atoms with Crippen molar-refractivity contribution in [3.8, 4) is 11.3 Å². The lowest BCUT2D eigenvalue weighted by Crippen LogP contribution is -2.48. The van der Waals surface area contributed by atoms with Crippen LogP contribution >= 0.6 is 0 Å². The fourth-order valence-electron chi connectivity index (χ4n) is 2.57. The number of hydrogen-bond donors (Lipinski definition) is 3. The monoisotopic (exact) mass is 328 g/mol. The zero-order valence-corrected chi connectivity index (χ0v) is 13.2. The number of rotatable bonds is 4. The topological polar surface area (TPSA) is 96.3 Å². The van der Waals surface area contributed by atoms with Gasteiger partial charge in [0.1, 0.15) is 6.04 Å². The lowest BCUT2D eigenvalue weighted by molar-refractivity contribution is -0.122. The molecule has 7 nitrogen and oxygen atoms in total. The van der Waals surface area contributed by atoms with E-state index in [2.05, 4.69) is 20.9 Å². The van der Waals surface area contributed by atoms with Crippen LogP contribution in [0.25, 0.3) is 11.3 Å². The zero-order valence-electron chi connectivity index (χ0n) is 13.2. The van der Waals surface area contributed by atoms with Crippen molar-refractivity contribution in [2.24, 2.45) is 0 Å². The van der Waals surface area contributed by atoms with Crippen LogP contribution in [0.5, 0.6) is 0 Å². The van der Waals surface area contributed by atoms with E-state index in [1.165, 1.54) is 0 Å². The highest BCUT2D eigenvalue weighted by atomic mass is 16.4. The van der Waals surface area contributed by atoms with Crippen LogP contribution in [0.1, 0.15) is 25.2 Å². The van der Waals surface area contributed by atoms with Crippen molar-refractivity contribution >= 4 is 11.9 Å². The first-order chi connectivity index (χ1) is 11.7. The molecule has 3 amide bonds. The Morgan fingerprint density at radius 3 is 2.96 bits per heavy atom. The molecule has 1 fully saturated rings. The van der Waals surface area contributed by atoms with E-state index in [1.54, 1.807) is 6.20 Å². The van der Waals surface area contributed by atoms with Gasteiger partial charge >= 0.3 is 6.03 Å². The average molecular weight is 328 g/mol. The maximum Gasteiger partial charge on any atom is 0.315 e. The highest BCUT2D eigenvalue weighted by Gasteiger charge is 2.22. The van der Waals surface area contributed by atoms with E-state index in [0.29, 0.717) is 24.6 Å². The summed E-state index contributed by atoms with van der Waals surface area (Å²) >= 11 is 0. The Hall–Kier alpha value is -2.83. The van der Waals surface area contributed by atoms with E-state index < -0.39 is 12.1 Å². The van der Waals surface area contributed by atoms with Crippen molar-refractivity contribution in [2.45, 2.75) is 31.8 Å². The summed E-state index contributed by atoms with van der Waals surface area (Å²) in [6.45, 7) is 0.824. The number of carbonyl (C=O) groups excluding carboxylic acids is 2. The van der Waals surface area contributed by atoms with Crippen molar-refractivity contribution in [2.75, 3.05) is 6.54 Å². The van der Waals surface area contributed by atoms with Crippen LogP contribution in [-0.4, -0.2) is 29.5 Å². The molecule has 0 radical (unpaired) electrons. The standard InChI is InChI=1S/C17H20N4O3/c22-16-13(8-4-5-9-18-16)21-17(23)20-11-15-19-10-14(24-15)12-6-2-1-3-7-12/h1-3,6-7,10,13H,4-5,8-9,11H2,(H,18,22)(H2,20,21,23). The number of carbonyl (C=O) groups is 2. The first-order valence-electron chi connectivity index (χ1n) is 8.04. The number of nitrogens with one attached hydrogen (secondary N) is 3. The minimum absolute atomic E-state index is 0.134. The van der Waals surface area contributed by atoms with Gasteiger partial charge in [-0.1, -0.05) is 30.3 Å². The molecule has 1 aliphatic rings. The SMILES string of the molecule is O=C(NCc1ncc(-c2ccccc2)o1)NC1CCCCNC1=O. The van der Waals surface area contributed by atoms with Gasteiger partial charge in [0.05, 0.1) is 12.7 Å². The Bertz CT molecular complexity index is 699. The van der Waals surface area contributed by atoms with Crippen LogP contribution in [0, 0.1) is 0 Å². The molecule has 1 aliphatic heterocycles. The molecule has 0 aliphatic carbocycles. The summed E-state index contributed by atoms with van der Waals surface area (Å²) in [4.78, 5) is 27.9.